The van der Waals surface area contributed by atoms with E-state index in [0.29, 0.717) is 17.6 Å². The van der Waals surface area contributed by atoms with Crippen molar-refractivity contribution in [2.24, 2.45) is 13.0 Å². The number of anilines is 1. The highest BCUT2D eigenvalue weighted by Gasteiger charge is 2.16. The summed E-state index contributed by atoms with van der Waals surface area (Å²) in [6.07, 6.45) is 5.94. The summed E-state index contributed by atoms with van der Waals surface area (Å²) < 4.78 is 3.24. The molecule has 1 aliphatic rings. The number of rotatable bonds is 3. The maximum absolute atomic E-state index is 12.5. The van der Waals surface area contributed by atoms with Crippen LogP contribution >= 0.6 is 0 Å². The Labute approximate surface area is 146 Å². The Morgan fingerprint density at radius 2 is 2.04 bits per heavy atom. The minimum atomic E-state index is -0.0977. The molecule has 1 aliphatic heterocycles. The van der Waals surface area contributed by atoms with Crippen LogP contribution in [0.25, 0.3) is 11.0 Å². The smallest absolute Gasteiger partial charge is 0.282 e. The lowest BCUT2D eigenvalue weighted by Crippen LogP contribution is -2.34. The van der Waals surface area contributed by atoms with Gasteiger partial charge in [0.05, 0.1) is 19.1 Å². The molecule has 3 aromatic rings. The summed E-state index contributed by atoms with van der Waals surface area (Å²) in [7, 11) is 1.80. The van der Waals surface area contributed by atoms with Crippen LogP contribution in [0.2, 0.25) is 0 Å². The second-order valence-corrected chi connectivity index (χ2v) is 7.07. The Morgan fingerprint density at radius 1 is 1.24 bits per heavy atom. The van der Waals surface area contributed by atoms with Gasteiger partial charge in [0.1, 0.15) is 5.52 Å². The van der Waals surface area contributed by atoms with Crippen LogP contribution in [-0.4, -0.2) is 32.4 Å². The predicted molar refractivity (Wildman–Crippen MR) is 98.9 cm³/mol. The van der Waals surface area contributed by atoms with Crippen molar-refractivity contribution in [1.29, 1.82) is 0 Å². The van der Waals surface area contributed by atoms with Crippen molar-refractivity contribution in [3.8, 4) is 0 Å². The number of hydrogen-bond acceptors (Lipinski definition) is 4. The van der Waals surface area contributed by atoms with Gasteiger partial charge >= 0.3 is 0 Å². The molecule has 0 amide bonds. The zero-order chi connectivity index (χ0) is 17.4. The van der Waals surface area contributed by atoms with Crippen LogP contribution in [0.3, 0.4) is 0 Å². The standard InChI is InChI=1S/C19H23N5O/c1-14-4-3-9-23(10-14)16-7-5-15(6-8-16)11-24-13-20-17-12-22(2)21-18(17)19(24)25/h5-8,12-14H,3-4,9-11H2,1-2H3. The maximum atomic E-state index is 12.5. The quantitative estimate of drug-likeness (QED) is 0.736. The fraction of sp³-hybridized carbons (Fsp3) is 0.421. The van der Waals surface area contributed by atoms with Crippen LogP contribution < -0.4 is 10.5 Å². The van der Waals surface area contributed by atoms with Crippen LogP contribution in [0.5, 0.6) is 0 Å². The Balaban J connectivity index is 1.55. The van der Waals surface area contributed by atoms with Gasteiger partial charge < -0.3 is 4.90 Å². The van der Waals surface area contributed by atoms with E-state index in [2.05, 4.69) is 46.2 Å². The molecule has 0 saturated carbocycles. The lowest BCUT2D eigenvalue weighted by molar-refractivity contribution is 0.447. The largest absolute Gasteiger partial charge is 0.371 e. The Kier molecular flexibility index (Phi) is 4.03. The average Bonchev–Trinajstić information content (AvgIpc) is 2.99. The minimum absolute atomic E-state index is 0.0977. The summed E-state index contributed by atoms with van der Waals surface area (Å²) in [5, 5.41) is 4.21. The van der Waals surface area contributed by atoms with Crippen molar-refractivity contribution in [3.63, 3.8) is 0 Å². The van der Waals surface area contributed by atoms with E-state index in [1.807, 2.05) is 0 Å². The number of nitrogens with zero attached hydrogens (tertiary/aromatic N) is 5. The fourth-order valence-electron chi connectivity index (χ4n) is 3.59. The molecule has 1 saturated heterocycles. The molecule has 0 N–H and O–H groups in total. The first-order valence-corrected chi connectivity index (χ1v) is 8.83. The summed E-state index contributed by atoms with van der Waals surface area (Å²) in [5.41, 5.74) is 3.32. The number of piperidine rings is 1. The van der Waals surface area contributed by atoms with Crippen molar-refractivity contribution in [2.45, 2.75) is 26.3 Å². The van der Waals surface area contributed by atoms with Crippen LogP contribution in [0, 0.1) is 5.92 Å². The predicted octanol–water partition coefficient (Wildman–Crippen LogP) is 2.41. The second kappa shape index (κ2) is 6.35. The van der Waals surface area contributed by atoms with Crippen LogP contribution in [-0.2, 0) is 13.6 Å². The molecule has 25 heavy (non-hydrogen) atoms. The lowest BCUT2D eigenvalue weighted by atomic mass is 9.99. The highest BCUT2D eigenvalue weighted by atomic mass is 16.1. The minimum Gasteiger partial charge on any atom is -0.371 e. The van der Waals surface area contributed by atoms with Crippen molar-refractivity contribution in [3.05, 3.63) is 52.7 Å². The van der Waals surface area contributed by atoms with E-state index < -0.39 is 0 Å². The highest BCUT2D eigenvalue weighted by molar-refractivity contribution is 5.71. The molecule has 0 spiro atoms. The molecule has 1 aromatic carbocycles. The van der Waals surface area contributed by atoms with E-state index in [1.54, 1.807) is 28.8 Å². The van der Waals surface area contributed by atoms with Gasteiger partial charge in [0.2, 0.25) is 0 Å². The molecule has 2 aromatic heterocycles. The first kappa shape index (κ1) is 15.9. The Morgan fingerprint density at radius 3 is 2.80 bits per heavy atom. The van der Waals surface area contributed by atoms with E-state index in [-0.39, 0.29) is 5.56 Å². The lowest BCUT2D eigenvalue weighted by Gasteiger charge is -2.32. The summed E-state index contributed by atoms with van der Waals surface area (Å²) >= 11 is 0. The number of aryl methyl sites for hydroxylation is 1. The Hall–Kier alpha value is -2.63. The third-order valence-electron chi connectivity index (χ3n) is 4.92. The van der Waals surface area contributed by atoms with Gasteiger partial charge in [-0.15, -0.1) is 0 Å². The molecule has 6 heteroatoms. The van der Waals surface area contributed by atoms with Gasteiger partial charge in [0, 0.05) is 25.8 Å². The maximum Gasteiger partial charge on any atom is 0.282 e. The molecule has 0 radical (unpaired) electrons. The molecular formula is C19H23N5O. The third kappa shape index (κ3) is 3.16. The average molecular weight is 337 g/mol. The molecule has 6 nitrogen and oxygen atoms in total. The summed E-state index contributed by atoms with van der Waals surface area (Å²) in [5.74, 6) is 0.753. The van der Waals surface area contributed by atoms with E-state index in [9.17, 15) is 4.79 Å². The van der Waals surface area contributed by atoms with Gasteiger partial charge in [-0.2, -0.15) is 5.10 Å². The van der Waals surface area contributed by atoms with Crippen LogP contribution in [0.1, 0.15) is 25.3 Å². The summed E-state index contributed by atoms with van der Waals surface area (Å²) in [6.45, 7) is 5.07. The first-order chi connectivity index (χ1) is 12.1. The summed E-state index contributed by atoms with van der Waals surface area (Å²) in [4.78, 5) is 19.3. The molecule has 4 rings (SSSR count). The number of fused-ring (bicyclic) bond motifs is 1. The molecule has 1 atom stereocenters. The van der Waals surface area contributed by atoms with Gasteiger partial charge in [-0.05, 0) is 36.5 Å². The van der Waals surface area contributed by atoms with Gasteiger partial charge in [-0.25, -0.2) is 4.98 Å². The molecular weight excluding hydrogens is 314 g/mol. The molecule has 1 fully saturated rings. The van der Waals surface area contributed by atoms with Crippen LogP contribution in [0.4, 0.5) is 5.69 Å². The van der Waals surface area contributed by atoms with Gasteiger partial charge in [0.25, 0.3) is 5.56 Å². The van der Waals surface area contributed by atoms with E-state index in [1.165, 1.54) is 18.5 Å². The highest BCUT2D eigenvalue weighted by Crippen LogP contribution is 2.23. The van der Waals surface area contributed by atoms with Crippen molar-refractivity contribution < 1.29 is 0 Å². The number of hydrogen-bond donors (Lipinski definition) is 0. The normalized spacial score (nSPS) is 18.0. The van der Waals surface area contributed by atoms with Gasteiger partial charge in [-0.3, -0.25) is 14.0 Å². The molecule has 0 aliphatic carbocycles. The zero-order valence-corrected chi connectivity index (χ0v) is 14.7. The van der Waals surface area contributed by atoms with E-state index in [0.717, 1.165) is 24.6 Å². The topological polar surface area (TPSA) is 56.0 Å². The molecule has 1 unspecified atom stereocenters. The monoisotopic (exact) mass is 337 g/mol. The van der Waals surface area contributed by atoms with Crippen molar-refractivity contribution in [1.82, 2.24) is 19.3 Å². The summed E-state index contributed by atoms with van der Waals surface area (Å²) in [6, 6.07) is 8.52. The molecule has 3 heterocycles. The SMILES string of the molecule is CC1CCCN(c2ccc(Cn3cnc4cn(C)nc4c3=O)cc2)C1. The fourth-order valence-corrected chi connectivity index (χ4v) is 3.59. The van der Waals surface area contributed by atoms with E-state index in [4.69, 9.17) is 0 Å². The molecule has 0 bridgehead atoms. The van der Waals surface area contributed by atoms with Gasteiger partial charge in [0.15, 0.2) is 5.52 Å². The van der Waals surface area contributed by atoms with Gasteiger partial charge in [-0.1, -0.05) is 19.1 Å². The third-order valence-corrected chi connectivity index (χ3v) is 4.92. The van der Waals surface area contributed by atoms with E-state index >= 15 is 0 Å². The van der Waals surface area contributed by atoms with Crippen molar-refractivity contribution >= 4 is 16.7 Å². The Bertz CT molecular complexity index is 941. The van der Waals surface area contributed by atoms with Crippen LogP contribution in [0.15, 0.2) is 41.6 Å². The van der Waals surface area contributed by atoms with Crippen molar-refractivity contribution in [2.75, 3.05) is 18.0 Å². The zero-order valence-electron chi connectivity index (χ0n) is 14.7. The number of benzene rings is 1. The number of aromatic nitrogens is 4. The second-order valence-electron chi connectivity index (χ2n) is 7.07. The molecule has 130 valence electrons. The first-order valence-electron chi connectivity index (χ1n) is 8.83.